The van der Waals surface area contributed by atoms with Crippen molar-refractivity contribution in [1.29, 1.82) is 5.26 Å². The second-order valence-electron chi connectivity index (χ2n) is 9.06. The minimum Gasteiger partial charge on any atom is -0.610 e. The molecule has 1 aromatic carbocycles. The number of furan rings is 1. The van der Waals surface area contributed by atoms with Crippen molar-refractivity contribution in [3.63, 3.8) is 0 Å². The molecule has 34 heavy (non-hydrogen) atoms. The van der Waals surface area contributed by atoms with Crippen LogP contribution in [0.5, 0.6) is 0 Å². The minimum atomic E-state index is -1.15. The average Bonchev–Trinajstić information content (AvgIpc) is 3.23. The van der Waals surface area contributed by atoms with Gasteiger partial charge in [0.05, 0.1) is 11.8 Å². The molecule has 8 nitrogen and oxygen atoms in total. The van der Waals surface area contributed by atoms with Crippen molar-refractivity contribution < 1.29 is 18.6 Å². The lowest BCUT2D eigenvalue weighted by Gasteiger charge is -2.37. The van der Waals surface area contributed by atoms with Gasteiger partial charge in [0, 0.05) is 27.5 Å². The highest BCUT2D eigenvalue weighted by atomic mass is 32.2. The van der Waals surface area contributed by atoms with E-state index in [0.717, 1.165) is 30.2 Å². The summed E-state index contributed by atoms with van der Waals surface area (Å²) in [4.78, 5) is 30.8. The molecule has 0 saturated heterocycles. The van der Waals surface area contributed by atoms with Crippen LogP contribution in [0.4, 0.5) is 0 Å². The molecule has 0 aliphatic heterocycles. The van der Waals surface area contributed by atoms with E-state index in [4.69, 9.17) is 4.42 Å². The predicted octanol–water partition coefficient (Wildman–Crippen LogP) is 3.90. The second kappa shape index (κ2) is 8.73. The van der Waals surface area contributed by atoms with Crippen LogP contribution in [-0.2, 0) is 16.0 Å². The van der Waals surface area contributed by atoms with Gasteiger partial charge in [0.25, 0.3) is 5.91 Å². The normalized spacial score (nSPS) is 19.2. The van der Waals surface area contributed by atoms with Gasteiger partial charge in [-0.1, -0.05) is 42.7 Å². The summed E-state index contributed by atoms with van der Waals surface area (Å²) in [7, 11) is 0. The third kappa shape index (κ3) is 4.31. The largest absolute Gasteiger partial charge is 0.610 e. The molecular weight excluding hydrogens is 472 g/mol. The lowest BCUT2D eigenvalue weighted by Crippen LogP contribution is -2.61. The van der Waals surface area contributed by atoms with Crippen LogP contribution in [0.3, 0.4) is 0 Å². The second-order valence-corrected chi connectivity index (χ2v) is 11.5. The lowest BCUT2D eigenvalue weighted by atomic mass is 9.80. The summed E-state index contributed by atoms with van der Waals surface area (Å²) in [5.74, 6) is -0.612. The number of nitriles is 1. The van der Waals surface area contributed by atoms with Gasteiger partial charge in [0.15, 0.2) is 5.76 Å². The van der Waals surface area contributed by atoms with E-state index in [2.05, 4.69) is 21.7 Å². The van der Waals surface area contributed by atoms with Crippen LogP contribution >= 0.6 is 11.3 Å². The molecule has 2 amide bonds. The van der Waals surface area contributed by atoms with Crippen molar-refractivity contribution >= 4 is 45.3 Å². The van der Waals surface area contributed by atoms with Crippen LogP contribution in [0, 0.1) is 11.3 Å². The summed E-state index contributed by atoms with van der Waals surface area (Å²) in [5, 5.41) is 17.8. The number of nitrogens with one attached hydrogen (secondary N) is 2. The highest BCUT2D eigenvalue weighted by Crippen LogP contribution is 2.37. The zero-order valence-electron chi connectivity index (χ0n) is 18.7. The van der Waals surface area contributed by atoms with Gasteiger partial charge in [-0.25, -0.2) is 0 Å². The van der Waals surface area contributed by atoms with Crippen molar-refractivity contribution in [2.45, 2.75) is 60.4 Å². The van der Waals surface area contributed by atoms with Crippen LogP contribution in [0.25, 0.3) is 22.2 Å². The molecule has 0 radical (unpaired) electrons. The maximum absolute atomic E-state index is 13.2. The van der Waals surface area contributed by atoms with Gasteiger partial charge in [0.1, 0.15) is 22.9 Å². The van der Waals surface area contributed by atoms with E-state index < -0.39 is 28.2 Å². The molecular formula is C24H24N4O4S2. The molecule has 2 N–H and O–H groups in total. The highest BCUT2D eigenvalue weighted by Gasteiger charge is 2.50. The van der Waals surface area contributed by atoms with Gasteiger partial charge in [-0.15, -0.1) is 0 Å². The number of hydrogen-bond acceptors (Lipinski definition) is 7. The molecule has 0 bridgehead atoms. The monoisotopic (exact) mass is 496 g/mol. The van der Waals surface area contributed by atoms with Crippen LogP contribution in [0.15, 0.2) is 38.4 Å². The number of hydrogen-bond donors (Lipinski definition) is 2. The molecule has 2 aliphatic carbocycles. The molecule has 2 saturated carbocycles. The first-order valence-corrected chi connectivity index (χ1v) is 13.7. The molecule has 3 aromatic rings. The zero-order chi connectivity index (χ0) is 23.9. The lowest BCUT2D eigenvalue weighted by molar-refractivity contribution is -0.129. The molecule has 2 aromatic heterocycles. The van der Waals surface area contributed by atoms with Crippen LogP contribution in [0.2, 0.25) is 0 Å². The molecule has 0 spiro atoms. The van der Waals surface area contributed by atoms with E-state index in [0.29, 0.717) is 41.3 Å². The third-order valence-electron chi connectivity index (χ3n) is 6.58. The van der Waals surface area contributed by atoms with E-state index in [-0.39, 0.29) is 11.7 Å². The van der Waals surface area contributed by atoms with Crippen molar-refractivity contribution in [3.8, 4) is 17.3 Å². The summed E-state index contributed by atoms with van der Waals surface area (Å²) in [5.41, 5.74) is 0.194. The molecule has 2 aliphatic rings. The molecule has 2 heterocycles. The number of carbonyl (C=O) groups is 2. The molecule has 2 fully saturated rings. The standard InChI is InChI=1S/C24H24N4O4S2/c1-34(31)22-26-17(13-33-22)15-5-6-16-12-19(32-18(16)11-15)20(29)27-24(7-3-2-4-8-24)21(30)28-23(14-25)9-10-23/h5-6,11-13H,2-4,7-10H2,1H3,(H,27,29)(H,28,30). The summed E-state index contributed by atoms with van der Waals surface area (Å²) >= 11 is 0.190. The van der Waals surface area contributed by atoms with Crippen LogP contribution < -0.4 is 10.6 Å². The Hall–Kier alpha value is -2.87. The number of rotatable bonds is 6. The first kappa shape index (κ1) is 22.9. The topological polar surface area (TPSA) is 131 Å². The van der Waals surface area contributed by atoms with Gasteiger partial charge in [0.2, 0.25) is 5.91 Å². The molecule has 5 rings (SSSR count). The fourth-order valence-corrected chi connectivity index (χ4v) is 5.86. The predicted molar refractivity (Wildman–Crippen MR) is 129 cm³/mol. The van der Waals surface area contributed by atoms with Crippen molar-refractivity contribution in [2.24, 2.45) is 0 Å². The van der Waals surface area contributed by atoms with Crippen molar-refractivity contribution in [3.05, 3.63) is 35.4 Å². The number of nitrogens with zero attached hydrogens (tertiary/aromatic N) is 2. The average molecular weight is 497 g/mol. The number of fused-ring (bicyclic) bond motifs is 1. The third-order valence-corrected chi connectivity index (χ3v) is 8.79. The van der Waals surface area contributed by atoms with E-state index >= 15 is 0 Å². The maximum atomic E-state index is 13.2. The Labute approximate surface area is 203 Å². The first-order chi connectivity index (χ1) is 16.3. The Kier molecular flexibility index (Phi) is 5.88. The van der Waals surface area contributed by atoms with Gasteiger partial charge >= 0.3 is 4.34 Å². The quantitative estimate of drug-likeness (QED) is 0.498. The number of amides is 2. The number of aromatic nitrogens is 1. The summed E-state index contributed by atoms with van der Waals surface area (Å²) in [6, 6.07) is 9.37. The first-order valence-electron chi connectivity index (χ1n) is 11.2. The van der Waals surface area contributed by atoms with Crippen LogP contribution in [0.1, 0.15) is 55.5 Å². The number of carbonyl (C=O) groups excluding carboxylic acids is 2. The Bertz CT molecular complexity index is 1300. The van der Waals surface area contributed by atoms with E-state index in [1.807, 2.05) is 17.5 Å². The summed E-state index contributed by atoms with van der Waals surface area (Å²) < 4.78 is 18.1. The maximum Gasteiger partial charge on any atom is 0.301 e. The fraction of sp³-hybridized carbons (Fsp3) is 0.417. The van der Waals surface area contributed by atoms with E-state index in [1.165, 1.54) is 11.3 Å². The van der Waals surface area contributed by atoms with Crippen molar-refractivity contribution in [2.75, 3.05) is 6.26 Å². The molecule has 10 heteroatoms. The Morgan fingerprint density at radius 2 is 1.94 bits per heavy atom. The number of thiazole rings is 1. The SMILES string of the molecule is C[S+]([O-])c1nc(-c2ccc3cc(C(=O)NC4(C(=O)NC5(C#N)CC5)CCCCC4)oc3c2)cs1. The number of benzene rings is 1. The summed E-state index contributed by atoms with van der Waals surface area (Å²) in [6.45, 7) is 0. The Morgan fingerprint density at radius 3 is 2.59 bits per heavy atom. The van der Waals surface area contributed by atoms with Gasteiger partial charge in [-0.3, -0.25) is 9.59 Å². The smallest absolute Gasteiger partial charge is 0.301 e. The minimum absolute atomic E-state index is 0.125. The van der Waals surface area contributed by atoms with E-state index in [9.17, 15) is 19.4 Å². The Morgan fingerprint density at radius 1 is 1.18 bits per heavy atom. The fourth-order valence-electron chi connectivity index (χ4n) is 4.39. The van der Waals surface area contributed by atoms with Gasteiger partial charge in [-0.2, -0.15) is 10.2 Å². The van der Waals surface area contributed by atoms with Gasteiger partial charge in [-0.05, 0) is 37.8 Å². The van der Waals surface area contributed by atoms with E-state index in [1.54, 1.807) is 18.4 Å². The molecule has 176 valence electrons. The van der Waals surface area contributed by atoms with Crippen molar-refractivity contribution in [1.82, 2.24) is 15.6 Å². The highest BCUT2D eigenvalue weighted by molar-refractivity contribution is 7.92. The van der Waals surface area contributed by atoms with Gasteiger partial charge < -0.3 is 19.6 Å². The molecule has 1 atom stereocenters. The van der Waals surface area contributed by atoms with Crippen LogP contribution in [-0.4, -0.2) is 38.7 Å². The Balaban J connectivity index is 1.38. The summed E-state index contributed by atoms with van der Waals surface area (Å²) in [6.07, 6.45) is 6.59. The molecule has 1 unspecified atom stereocenters. The zero-order valence-corrected chi connectivity index (χ0v) is 20.3.